The van der Waals surface area contributed by atoms with Crippen LogP contribution in [0.2, 0.25) is 0 Å². The Labute approximate surface area is 243 Å². The third-order valence-electron chi connectivity index (χ3n) is 6.26. The first-order valence-corrected chi connectivity index (χ1v) is 14.3. The number of carbonyl (C=O) groups is 2. The maximum Gasteiger partial charge on any atom is 0.322 e. The van der Waals surface area contributed by atoms with Crippen LogP contribution in [-0.2, 0) is 22.5 Å². The Balaban J connectivity index is 1.76. The molecule has 0 aliphatic rings. The second-order valence-electron chi connectivity index (χ2n) is 8.99. The zero-order valence-corrected chi connectivity index (χ0v) is 25.3. The second-order valence-corrected chi connectivity index (χ2v) is 10.9. The van der Waals surface area contributed by atoms with E-state index in [0.29, 0.717) is 56.3 Å². The third kappa shape index (κ3) is 9.26. The van der Waals surface area contributed by atoms with Gasteiger partial charge < -0.3 is 29.3 Å². The van der Waals surface area contributed by atoms with Crippen molar-refractivity contribution in [1.29, 1.82) is 0 Å². The fourth-order valence-electron chi connectivity index (χ4n) is 3.98. The lowest BCUT2D eigenvalue weighted by atomic mass is 10.1. The first-order chi connectivity index (χ1) is 18.8. The van der Waals surface area contributed by atoms with Gasteiger partial charge in [0.05, 0.1) is 20.8 Å². The Bertz CT molecular complexity index is 1220. The van der Waals surface area contributed by atoms with Gasteiger partial charge in [0.25, 0.3) is 0 Å². The normalized spacial score (nSPS) is 10.7. The molecule has 1 aromatic heterocycles. The number of amides is 3. The summed E-state index contributed by atoms with van der Waals surface area (Å²) in [5, 5.41) is 4.94. The summed E-state index contributed by atoms with van der Waals surface area (Å²) in [4.78, 5) is 31.4. The fourth-order valence-corrected chi connectivity index (χ4v) is 5.17. The highest BCUT2D eigenvalue weighted by Gasteiger charge is 2.23. The Kier molecular flexibility index (Phi) is 12.1. The minimum atomic E-state index is -0.325. The first kappa shape index (κ1) is 30.5. The van der Waals surface area contributed by atoms with Crippen molar-refractivity contribution in [3.8, 4) is 11.5 Å². The first-order valence-electron chi connectivity index (χ1n) is 12.7. The number of nitrogens with one attached hydrogen (secondary N) is 1. The summed E-state index contributed by atoms with van der Waals surface area (Å²) in [5.41, 5.74) is 2.83. The van der Waals surface area contributed by atoms with Crippen LogP contribution in [0.15, 0.2) is 58.4 Å². The van der Waals surface area contributed by atoms with Crippen molar-refractivity contribution >= 4 is 44.9 Å². The van der Waals surface area contributed by atoms with Gasteiger partial charge in [-0.3, -0.25) is 4.79 Å². The summed E-state index contributed by atoms with van der Waals surface area (Å²) >= 11 is 5.04. The number of aryl methyl sites for hydroxylation is 1. The number of nitrogens with zero attached hydrogens (tertiary/aromatic N) is 2. The van der Waals surface area contributed by atoms with E-state index < -0.39 is 0 Å². The predicted octanol–water partition coefficient (Wildman–Crippen LogP) is 5.98. The Morgan fingerprint density at radius 3 is 2.33 bits per heavy atom. The van der Waals surface area contributed by atoms with Crippen molar-refractivity contribution in [2.45, 2.75) is 26.3 Å². The predicted molar refractivity (Wildman–Crippen MR) is 159 cm³/mol. The van der Waals surface area contributed by atoms with Crippen molar-refractivity contribution in [1.82, 2.24) is 9.80 Å². The largest absolute Gasteiger partial charge is 0.493 e. The third-order valence-corrected chi connectivity index (χ3v) is 7.80. The molecule has 0 bridgehead atoms. The number of ether oxygens (including phenoxy) is 3. The monoisotopic (exact) mass is 617 g/mol. The number of urea groups is 1. The average Bonchev–Trinajstić information content (AvgIpc) is 3.35. The van der Waals surface area contributed by atoms with Gasteiger partial charge in [0.2, 0.25) is 5.91 Å². The van der Waals surface area contributed by atoms with Gasteiger partial charge in [-0.1, -0.05) is 22.0 Å². The van der Waals surface area contributed by atoms with E-state index in [4.69, 9.17) is 14.2 Å². The summed E-state index contributed by atoms with van der Waals surface area (Å²) in [5.74, 6) is 1.19. The number of thiophene rings is 1. The smallest absolute Gasteiger partial charge is 0.322 e. The Hall–Kier alpha value is -3.08. The van der Waals surface area contributed by atoms with Crippen LogP contribution in [-0.4, -0.2) is 69.3 Å². The number of methoxy groups -OCH3 is 3. The highest BCUT2D eigenvalue weighted by Crippen LogP contribution is 2.28. The standard InChI is InChI=1S/C29H36BrN3O5S/c1-21-13-17-39-27(21)19-32(15-12-22-6-11-25(37-3)26(18-22)38-4)28(34)20-33(14-5-16-36-2)29(35)31-24-9-7-23(30)8-10-24/h6-11,13,17-18H,5,12,14-16,19-20H2,1-4H3,(H,31,35). The topological polar surface area (TPSA) is 80.3 Å². The Morgan fingerprint density at radius 2 is 1.69 bits per heavy atom. The zero-order valence-electron chi connectivity index (χ0n) is 22.9. The van der Waals surface area contributed by atoms with E-state index in [0.717, 1.165) is 20.5 Å². The molecule has 10 heteroatoms. The Morgan fingerprint density at radius 1 is 0.949 bits per heavy atom. The van der Waals surface area contributed by atoms with E-state index in [1.807, 2.05) is 59.7 Å². The zero-order chi connectivity index (χ0) is 28.2. The molecule has 0 aliphatic carbocycles. The average molecular weight is 619 g/mol. The summed E-state index contributed by atoms with van der Waals surface area (Å²) in [6.45, 7) is 3.87. The van der Waals surface area contributed by atoms with Crippen LogP contribution in [0.1, 0.15) is 22.4 Å². The van der Waals surface area contributed by atoms with E-state index in [1.165, 1.54) is 0 Å². The molecule has 0 aliphatic heterocycles. The van der Waals surface area contributed by atoms with Crippen molar-refractivity contribution in [2.75, 3.05) is 52.9 Å². The van der Waals surface area contributed by atoms with Crippen LogP contribution in [0.5, 0.6) is 11.5 Å². The summed E-state index contributed by atoms with van der Waals surface area (Å²) in [6.07, 6.45) is 1.25. The number of anilines is 1. The molecule has 3 amide bonds. The number of hydrogen-bond donors (Lipinski definition) is 1. The van der Waals surface area contributed by atoms with E-state index in [2.05, 4.69) is 27.3 Å². The quantitative estimate of drug-likeness (QED) is 0.225. The molecule has 39 heavy (non-hydrogen) atoms. The lowest BCUT2D eigenvalue weighted by Crippen LogP contribution is -2.45. The molecule has 0 spiro atoms. The molecule has 0 unspecified atom stereocenters. The van der Waals surface area contributed by atoms with E-state index in [9.17, 15) is 9.59 Å². The molecule has 0 radical (unpaired) electrons. The van der Waals surface area contributed by atoms with Crippen molar-refractivity contribution < 1.29 is 23.8 Å². The molecule has 0 saturated heterocycles. The second kappa shape index (κ2) is 15.5. The van der Waals surface area contributed by atoms with Gasteiger partial charge in [0.1, 0.15) is 6.54 Å². The molecule has 3 aromatic rings. The molecule has 3 rings (SSSR count). The molecule has 210 valence electrons. The van der Waals surface area contributed by atoms with Gasteiger partial charge in [0, 0.05) is 41.8 Å². The van der Waals surface area contributed by atoms with Crippen LogP contribution in [0.4, 0.5) is 10.5 Å². The van der Waals surface area contributed by atoms with Crippen LogP contribution < -0.4 is 14.8 Å². The maximum absolute atomic E-state index is 13.7. The SMILES string of the molecule is COCCCN(CC(=O)N(CCc1ccc(OC)c(OC)c1)Cc1sccc1C)C(=O)Nc1ccc(Br)cc1. The summed E-state index contributed by atoms with van der Waals surface area (Å²) in [7, 11) is 4.83. The lowest BCUT2D eigenvalue weighted by molar-refractivity contribution is -0.132. The minimum Gasteiger partial charge on any atom is -0.493 e. The molecule has 0 saturated carbocycles. The molecule has 8 nitrogen and oxygen atoms in total. The van der Waals surface area contributed by atoms with E-state index >= 15 is 0 Å². The number of benzene rings is 2. The lowest BCUT2D eigenvalue weighted by Gasteiger charge is -2.28. The molecule has 0 fully saturated rings. The van der Waals surface area contributed by atoms with Crippen molar-refractivity contribution in [3.63, 3.8) is 0 Å². The number of rotatable bonds is 14. The number of halogens is 1. The van der Waals surface area contributed by atoms with Gasteiger partial charge >= 0.3 is 6.03 Å². The van der Waals surface area contributed by atoms with Gasteiger partial charge in [0.15, 0.2) is 11.5 Å². The van der Waals surface area contributed by atoms with Crippen LogP contribution >= 0.6 is 27.3 Å². The molecule has 1 heterocycles. The van der Waals surface area contributed by atoms with Crippen molar-refractivity contribution in [3.05, 3.63) is 74.4 Å². The number of hydrogen-bond acceptors (Lipinski definition) is 6. The van der Waals surface area contributed by atoms with E-state index in [1.54, 1.807) is 37.6 Å². The van der Waals surface area contributed by atoms with E-state index in [-0.39, 0.29) is 18.5 Å². The van der Waals surface area contributed by atoms with Gasteiger partial charge in [-0.15, -0.1) is 11.3 Å². The fraction of sp³-hybridized carbons (Fsp3) is 0.379. The highest BCUT2D eigenvalue weighted by atomic mass is 79.9. The molecule has 2 aromatic carbocycles. The maximum atomic E-state index is 13.7. The molecule has 1 N–H and O–H groups in total. The molecular weight excluding hydrogens is 582 g/mol. The van der Waals surface area contributed by atoms with Gasteiger partial charge in [-0.05, 0) is 78.7 Å². The molecule has 0 atom stereocenters. The van der Waals surface area contributed by atoms with Crippen LogP contribution in [0.25, 0.3) is 0 Å². The van der Waals surface area contributed by atoms with Gasteiger partial charge in [-0.2, -0.15) is 0 Å². The molecular formula is C29H36BrN3O5S. The van der Waals surface area contributed by atoms with Crippen LogP contribution in [0.3, 0.4) is 0 Å². The summed E-state index contributed by atoms with van der Waals surface area (Å²) in [6, 6.07) is 14.8. The summed E-state index contributed by atoms with van der Waals surface area (Å²) < 4.78 is 16.9. The number of carbonyl (C=O) groups excluding carboxylic acids is 2. The minimum absolute atomic E-state index is 0.0393. The van der Waals surface area contributed by atoms with Gasteiger partial charge in [-0.25, -0.2) is 4.79 Å². The van der Waals surface area contributed by atoms with Crippen molar-refractivity contribution in [2.24, 2.45) is 0 Å². The highest BCUT2D eigenvalue weighted by molar-refractivity contribution is 9.10. The van der Waals surface area contributed by atoms with Crippen LogP contribution in [0, 0.1) is 6.92 Å².